The van der Waals surface area contributed by atoms with E-state index in [9.17, 15) is 14.7 Å². The van der Waals surface area contributed by atoms with Gasteiger partial charge in [0.1, 0.15) is 0 Å². The number of nitrogens with zero attached hydrogens (tertiary/aromatic N) is 2. The van der Waals surface area contributed by atoms with Crippen molar-refractivity contribution < 1.29 is 14.7 Å². The van der Waals surface area contributed by atoms with Crippen molar-refractivity contribution in [3.63, 3.8) is 0 Å². The van der Waals surface area contributed by atoms with Crippen LogP contribution < -0.4 is 5.32 Å². The van der Waals surface area contributed by atoms with Gasteiger partial charge in [-0.2, -0.15) is 5.26 Å². The number of carboxylic acids is 1. The van der Waals surface area contributed by atoms with E-state index in [4.69, 9.17) is 5.26 Å². The zero-order valence-corrected chi connectivity index (χ0v) is 11.6. The van der Waals surface area contributed by atoms with Crippen molar-refractivity contribution in [3.05, 3.63) is 0 Å². The molecular formula is C14H21N3O3. The number of amides is 2. The second kappa shape index (κ2) is 6.12. The molecule has 1 aliphatic heterocycles. The summed E-state index contributed by atoms with van der Waals surface area (Å²) in [5, 5.41) is 20.7. The van der Waals surface area contributed by atoms with E-state index >= 15 is 0 Å². The van der Waals surface area contributed by atoms with Crippen LogP contribution in [0.3, 0.4) is 0 Å². The van der Waals surface area contributed by atoms with E-state index in [1.807, 2.05) is 0 Å². The molecule has 2 fully saturated rings. The number of hydrogen-bond donors (Lipinski definition) is 2. The van der Waals surface area contributed by atoms with E-state index in [-0.39, 0.29) is 11.9 Å². The zero-order valence-electron chi connectivity index (χ0n) is 11.6. The normalized spacial score (nSPS) is 27.9. The Hall–Kier alpha value is -1.77. The van der Waals surface area contributed by atoms with Crippen LogP contribution in [0.1, 0.15) is 38.5 Å². The Morgan fingerprint density at radius 3 is 2.90 bits per heavy atom. The molecule has 0 spiro atoms. The number of urea groups is 1. The Labute approximate surface area is 118 Å². The van der Waals surface area contributed by atoms with E-state index in [2.05, 4.69) is 11.4 Å². The van der Waals surface area contributed by atoms with Crippen LogP contribution in [0.25, 0.3) is 0 Å². The highest BCUT2D eigenvalue weighted by atomic mass is 16.4. The first kappa shape index (κ1) is 14.6. The smallest absolute Gasteiger partial charge is 0.317 e. The lowest BCUT2D eigenvalue weighted by molar-refractivity contribution is -0.149. The monoisotopic (exact) mass is 279 g/mol. The van der Waals surface area contributed by atoms with Gasteiger partial charge in [0, 0.05) is 26.1 Å². The summed E-state index contributed by atoms with van der Waals surface area (Å²) in [4.78, 5) is 25.2. The highest BCUT2D eigenvalue weighted by Gasteiger charge is 2.55. The van der Waals surface area contributed by atoms with Gasteiger partial charge in [-0.1, -0.05) is 6.42 Å². The third kappa shape index (κ3) is 2.72. The molecule has 1 aliphatic carbocycles. The summed E-state index contributed by atoms with van der Waals surface area (Å²) in [5.74, 6) is -0.659. The summed E-state index contributed by atoms with van der Waals surface area (Å²) >= 11 is 0. The third-order valence-corrected chi connectivity index (χ3v) is 4.58. The molecule has 2 rings (SSSR count). The first-order valence-corrected chi connectivity index (χ1v) is 7.23. The van der Waals surface area contributed by atoms with Crippen LogP contribution in [-0.4, -0.2) is 41.6 Å². The van der Waals surface area contributed by atoms with Crippen LogP contribution in [0.5, 0.6) is 0 Å². The maximum absolute atomic E-state index is 12.0. The van der Waals surface area contributed by atoms with Crippen molar-refractivity contribution in [2.75, 3.05) is 19.6 Å². The molecule has 2 atom stereocenters. The Balaban J connectivity index is 1.82. The number of likely N-dealkylation sites (tertiary alicyclic amines) is 1. The zero-order chi connectivity index (χ0) is 14.6. The second-order valence-corrected chi connectivity index (χ2v) is 5.78. The summed E-state index contributed by atoms with van der Waals surface area (Å²) in [5.41, 5.74) is -0.710. The molecule has 1 heterocycles. The Morgan fingerprint density at radius 1 is 1.45 bits per heavy atom. The fourth-order valence-electron chi connectivity index (χ4n) is 3.43. The number of carboxylic acid groups (broad SMARTS) is 1. The van der Waals surface area contributed by atoms with Gasteiger partial charge in [-0.3, -0.25) is 4.79 Å². The fraction of sp³-hybridized carbons (Fsp3) is 0.786. The van der Waals surface area contributed by atoms with E-state index < -0.39 is 11.4 Å². The SMILES string of the molecule is N#CCCCCNC(=O)N1C[C@@H]2CCC[C@@]2(C(=O)O)C1. The van der Waals surface area contributed by atoms with Gasteiger partial charge in [-0.15, -0.1) is 0 Å². The van der Waals surface area contributed by atoms with Gasteiger partial charge in [0.2, 0.25) is 0 Å². The van der Waals surface area contributed by atoms with Gasteiger partial charge in [0.05, 0.1) is 11.5 Å². The van der Waals surface area contributed by atoms with Gasteiger partial charge < -0.3 is 15.3 Å². The lowest BCUT2D eigenvalue weighted by Gasteiger charge is -2.23. The molecule has 2 N–H and O–H groups in total. The van der Waals surface area contributed by atoms with Crippen molar-refractivity contribution in [1.82, 2.24) is 10.2 Å². The van der Waals surface area contributed by atoms with E-state index in [0.29, 0.717) is 32.5 Å². The third-order valence-electron chi connectivity index (χ3n) is 4.58. The maximum atomic E-state index is 12.0. The molecule has 6 heteroatoms. The molecule has 0 unspecified atom stereocenters. The van der Waals surface area contributed by atoms with Crippen LogP contribution >= 0.6 is 0 Å². The van der Waals surface area contributed by atoms with Crippen molar-refractivity contribution in [1.29, 1.82) is 5.26 Å². The lowest BCUT2D eigenvalue weighted by Crippen LogP contribution is -2.41. The Morgan fingerprint density at radius 2 is 2.25 bits per heavy atom. The lowest BCUT2D eigenvalue weighted by atomic mass is 9.81. The van der Waals surface area contributed by atoms with Crippen LogP contribution in [-0.2, 0) is 4.79 Å². The summed E-state index contributed by atoms with van der Waals surface area (Å²) < 4.78 is 0. The largest absolute Gasteiger partial charge is 0.481 e. The number of unbranched alkanes of at least 4 members (excludes halogenated alkanes) is 2. The average molecular weight is 279 g/mol. The number of hydrogen-bond acceptors (Lipinski definition) is 3. The van der Waals surface area contributed by atoms with Crippen molar-refractivity contribution in [2.45, 2.75) is 38.5 Å². The molecule has 0 bridgehead atoms. The van der Waals surface area contributed by atoms with E-state index in [1.54, 1.807) is 4.90 Å². The molecule has 1 saturated heterocycles. The van der Waals surface area contributed by atoms with Crippen LogP contribution in [0.4, 0.5) is 4.79 Å². The molecule has 110 valence electrons. The van der Waals surface area contributed by atoms with Crippen LogP contribution in [0.15, 0.2) is 0 Å². The maximum Gasteiger partial charge on any atom is 0.317 e. The summed E-state index contributed by atoms with van der Waals surface area (Å²) in [7, 11) is 0. The summed E-state index contributed by atoms with van der Waals surface area (Å²) in [6, 6.07) is 1.90. The molecule has 2 aliphatic rings. The van der Waals surface area contributed by atoms with Crippen molar-refractivity contribution >= 4 is 12.0 Å². The standard InChI is InChI=1S/C14H21N3O3/c15-7-2-1-3-8-16-13(20)17-9-11-5-4-6-14(11,10-17)12(18)19/h11H,1-6,8-10H2,(H,16,20)(H,18,19)/t11-,14+/m0/s1. The van der Waals surface area contributed by atoms with Gasteiger partial charge in [-0.05, 0) is 31.6 Å². The molecule has 6 nitrogen and oxygen atoms in total. The molecule has 0 aromatic heterocycles. The van der Waals surface area contributed by atoms with Crippen molar-refractivity contribution in [2.24, 2.45) is 11.3 Å². The number of nitriles is 1. The minimum absolute atomic E-state index is 0.101. The predicted octanol–water partition coefficient (Wildman–Crippen LogP) is 1.58. The first-order chi connectivity index (χ1) is 9.60. The van der Waals surface area contributed by atoms with Gasteiger partial charge in [0.25, 0.3) is 0 Å². The Kier molecular flexibility index (Phi) is 4.48. The van der Waals surface area contributed by atoms with Gasteiger partial charge >= 0.3 is 12.0 Å². The highest BCUT2D eigenvalue weighted by Crippen LogP contribution is 2.48. The van der Waals surface area contributed by atoms with Crippen LogP contribution in [0, 0.1) is 22.7 Å². The average Bonchev–Trinajstić information content (AvgIpc) is 2.95. The molecule has 0 aromatic rings. The molecule has 0 radical (unpaired) electrons. The quantitative estimate of drug-likeness (QED) is 0.747. The minimum atomic E-state index is -0.760. The first-order valence-electron chi connectivity index (χ1n) is 7.23. The van der Waals surface area contributed by atoms with Crippen molar-refractivity contribution in [3.8, 4) is 6.07 Å². The van der Waals surface area contributed by atoms with Gasteiger partial charge in [-0.25, -0.2) is 4.79 Å². The minimum Gasteiger partial charge on any atom is -0.481 e. The number of carbonyl (C=O) groups is 2. The molecule has 0 aromatic carbocycles. The molecule has 20 heavy (non-hydrogen) atoms. The fourth-order valence-corrected chi connectivity index (χ4v) is 3.43. The number of nitrogens with one attached hydrogen (secondary N) is 1. The highest BCUT2D eigenvalue weighted by molar-refractivity contribution is 5.80. The molecule has 1 saturated carbocycles. The number of aliphatic carboxylic acids is 1. The summed E-state index contributed by atoms with van der Waals surface area (Å²) in [6.07, 6.45) is 4.58. The summed E-state index contributed by atoms with van der Waals surface area (Å²) in [6.45, 7) is 1.43. The molecular weight excluding hydrogens is 258 g/mol. The second-order valence-electron chi connectivity index (χ2n) is 5.78. The number of rotatable bonds is 5. The van der Waals surface area contributed by atoms with Crippen LogP contribution in [0.2, 0.25) is 0 Å². The predicted molar refractivity (Wildman–Crippen MR) is 71.8 cm³/mol. The topological polar surface area (TPSA) is 93.4 Å². The van der Waals surface area contributed by atoms with E-state index in [1.165, 1.54) is 0 Å². The number of fused-ring (bicyclic) bond motifs is 1. The molecule has 2 amide bonds. The van der Waals surface area contributed by atoms with E-state index in [0.717, 1.165) is 25.7 Å². The van der Waals surface area contributed by atoms with Gasteiger partial charge in [0.15, 0.2) is 0 Å². The number of carbonyl (C=O) groups excluding carboxylic acids is 1. The Bertz CT molecular complexity index is 432.